The Morgan fingerprint density at radius 2 is 1.85 bits per heavy atom. The van der Waals surface area contributed by atoms with Crippen LogP contribution in [0.15, 0.2) is 77.3 Å². The van der Waals surface area contributed by atoms with Gasteiger partial charge in [-0.2, -0.15) is 4.98 Å². The lowest BCUT2D eigenvalue weighted by molar-refractivity contribution is 0.0427. The minimum Gasteiger partial charge on any atom is -0.454 e. The van der Waals surface area contributed by atoms with Crippen molar-refractivity contribution in [2.24, 2.45) is 0 Å². The number of aromatic nitrogens is 2. The average Bonchev–Trinajstić information content (AvgIpc) is 3.29. The van der Waals surface area contributed by atoms with Gasteiger partial charge in [0.25, 0.3) is 5.91 Å². The Balaban J connectivity index is 1.49. The van der Waals surface area contributed by atoms with Crippen molar-refractivity contribution in [3.05, 3.63) is 101 Å². The smallest absolute Gasteiger partial charge is 0.395 e. The fourth-order valence-corrected chi connectivity index (χ4v) is 3.76. The molecule has 2 aromatic carbocycles. The molecule has 0 aliphatic carbocycles. The number of esters is 1. The van der Waals surface area contributed by atoms with Crippen molar-refractivity contribution in [3.8, 4) is 11.3 Å². The van der Waals surface area contributed by atoms with E-state index in [1.165, 1.54) is 4.90 Å². The molecule has 1 aliphatic heterocycles. The highest BCUT2D eigenvalue weighted by Crippen LogP contribution is 2.34. The first-order chi connectivity index (χ1) is 16.1. The zero-order chi connectivity index (χ0) is 22.8. The van der Waals surface area contributed by atoms with Crippen LogP contribution in [0.1, 0.15) is 37.9 Å². The number of oxazole rings is 1. The second-order valence-electron chi connectivity index (χ2n) is 7.82. The molecule has 2 aromatic heterocycles. The number of hydrogen-bond acceptors (Lipinski definition) is 6. The van der Waals surface area contributed by atoms with Crippen molar-refractivity contribution >= 4 is 17.7 Å². The normalized spacial score (nSPS) is 13.0. The Labute approximate surface area is 190 Å². The first kappa shape index (κ1) is 20.6. The lowest BCUT2D eigenvalue weighted by Crippen LogP contribution is -2.38. The minimum absolute atomic E-state index is 0.0944. The molecule has 0 atom stereocenters. The number of rotatable bonds is 5. The monoisotopic (exact) mass is 439 g/mol. The van der Waals surface area contributed by atoms with Gasteiger partial charge < -0.3 is 9.15 Å². The Kier molecular flexibility index (Phi) is 5.44. The molecule has 0 saturated carbocycles. The van der Waals surface area contributed by atoms with E-state index in [0.717, 1.165) is 16.7 Å². The summed E-state index contributed by atoms with van der Waals surface area (Å²) in [4.78, 5) is 36.1. The third-order valence-electron chi connectivity index (χ3n) is 5.51. The molecule has 0 spiro atoms. The summed E-state index contributed by atoms with van der Waals surface area (Å²) in [6, 6.07) is 20.7. The highest BCUT2D eigenvalue weighted by Gasteiger charge is 2.33. The van der Waals surface area contributed by atoms with Crippen molar-refractivity contribution in [1.29, 1.82) is 0 Å². The number of carbonyl (C=O) groups excluding carboxylic acids is 2. The van der Waals surface area contributed by atoms with Gasteiger partial charge in [0.15, 0.2) is 11.6 Å². The minimum atomic E-state index is -0.693. The van der Waals surface area contributed by atoms with Crippen LogP contribution in [0.3, 0.4) is 0 Å². The molecule has 7 nitrogen and oxygen atoms in total. The van der Waals surface area contributed by atoms with Crippen molar-refractivity contribution in [3.63, 3.8) is 0 Å². The van der Waals surface area contributed by atoms with Crippen LogP contribution in [-0.2, 0) is 17.8 Å². The van der Waals surface area contributed by atoms with Crippen LogP contribution in [0.25, 0.3) is 11.3 Å². The Morgan fingerprint density at radius 1 is 1.06 bits per heavy atom. The van der Waals surface area contributed by atoms with Gasteiger partial charge in [0.2, 0.25) is 0 Å². The summed E-state index contributed by atoms with van der Waals surface area (Å²) in [5.41, 5.74) is 3.92. The quantitative estimate of drug-likeness (QED) is 0.422. The number of anilines is 1. The summed E-state index contributed by atoms with van der Waals surface area (Å²) in [6.07, 6.45) is 2.22. The number of ether oxygens (including phenoxy) is 1. The summed E-state index contributed by atoms with van der Waals surface area (Å²) in [5.74, 6) is -0.540. The average molecular weight is 439 g/mol. The van der Waals surface area contributed by atoms with E-state index in [2.05, 4.69) is 9.97 Å². The number of hydrogen-bond donors (Lipinski definition) is 0. The van der Waals surface area contributed by atoms with E-state index in [9.17, 15) is 9.59 Å². The van der Waals surface area contributed by atoms with Crippen molar-refractivity contribution in [1.82, 2.24) is 9.97 Å². The van der Waals surface area contributed by atoms with Crippen molar-refractivity contribution in [2.75, 3.05) is 11.4 Å². The molecule has 1 aliphatic rings. The van der Waals surface area contributed by atoms with E-state index in [1.807, 2.05) is 73.7 Å². The fourth-order valence-electron chi connectivity index (χ4n) is 3.76. The first-order valence-corrected chi connectivity index (χ1v) is 10.6. The highest BCUT2D eigenvalue weighted by molar-refractivity contribution is 6.08. The Morgan fingerprint density at radius 3 is 2.64 bits per heavy atom. The molecule has 3 heterocycles. The van der Waals surface area contributed by atoms with E-state index < -0.39 is 5.97 Å². The molecule has 0 radical (unpaired) electrons. The van der Waals surface area contributed by atoms with E-state index in [0.29, 0.717) is 30.0 Å². The molecule has 5 rings (SSSR count). The first-order valence-electron chi connectivity index (χ1n) is 10.6. The molecular formula is C26H21N3O4. The van der Waals surface area contributed by atoms with Crippen molar-refractivity contribution < 1.29 is 18.7 Å². The molecule has 1 amide bonds. The SMILES string of the molecule is Cc1ccc(-c2oc(C(=O)OCc3ccccc3)nc2N2CCc3cccnc3C2=O)cc1. The molecule has 164 valence electrons. The van der Waals surface area contributed by atoms with Crippen LogP contribution in [0, 0.1) is 6.92 Å². The number of aryl methyl sites for hydroxylation is 1. The van der Waals surface area contributed by atoms with Gasteiger partial charge in [-0.3, -0.25) is 14.7 Å². The molecule has 0 bridgehead atoms. The highest BCUT2D eigenvalue weighted by atomic mass is 16.5. The molecule has 33 heavy (non-hydrogen) atoms. The number of fused-ring (bicyclic) bond motifs is 1. The molecule has 0 saturated heterocycles. The predicted molar refractivity (Wildman–Crippen MR) is 122 cm³/mol. The zero-order valence-electron chi connectivity index (χ0n) is 18.0. The number of pyridine rings is 1. The second kappa shape index (κ2) is 8.70. The molecule has 0 N–H and O–H groups in total. The zero-order valence-corrected chi connectivity index (χ0v) is 18.0. The standard InChI is InChI=1S/C26H21N3O4/c1-17-9-11-20(12-10-17)22-23(29-15-13-19-8-5-14-27-21(19)25(29)30)28-24(33-22)26(31)32-16-18-6-3-2-4-7-18/h2-12,14H,13,15-16H2,1H3. The summed E-state index contributed by atoms with van der Waals surface area (Å²) in [6.45, 7) is 2.48. The van der Waals surface area contributed by atoms with Crippen molar-refractivity contribution in [2.45, 2.75) is 20.0 Å². The van der Waals surface area contributed by atoms with E-state index in [1.54, 1.807) is 6.20 Å². The maximum atomic E-state index is 13.2. The van der Waals surface area contributed by atoms with Gasteiger partial charge >= 0.3 is 11.9 Å². The van der Waals surface area contributed by atoms with Gasteiger partial charge in [0.1, 0.15) is 12.3 Å². The van der Waals surface area contributed by atoms with Gasteiger partial charge in [-0.05, 0) is 30.5 Å². The largest absolute Gasteiger partial charge is 0.454 e. The topological polar surface area (TPSA) is 85.5 Å². The molecule has 0 fully saturated rings. The summed E-state index contributed by atoms with van der Waals surface area (Å²) < 4.78 is 11.3. The van der Waals surface area contributed by atoms with Crippen LogP contribution in [0.2, 0.25) is 0 Å². The van der Waals surface area contributed by atoms with Crippen LogP contribution >= 0.6 is 0 Å². The molecule has 4 aromatic rings. The number of carbonyl (C=O) groups is 2. The van der Waals surface area contributed by atoms with Crippen LogP contribution in [0.5, 0.6) is 0 Å². The maximum absolute atomic E-state index is 13.2. The third kappa shape index (κ3) is 4.13. The summed E-state index contributed by atoms with van der Waals surface area (Å²) in [7, 11) is 0. The Bertz CT molecular complexity index is 1310. The maximum Gasteiger partial charge on any atom is 0.395 e. The Hall–Kier alpha value is -4.26. The van der Waals surface area contributed by atoms with Crippen LogP contribution in [0.4, 0.5) is 5.82 Å². The molecule has 7 heteroatoms. The van der Waals surface area contributed by atoms with E-state index in [-0.39, 0.29) is 24.2 Å². The van der Waals surface area contributed by atoms with Crippen LogP contribution < -0.4 is 4.90 Å². The van der Waals surface area contributed by atoms with Gasteiger partial charge in [-0.1, -0.05) is 66.2 Å². The predicted octanol–water partition coefficient (Wildman–Crippen LogP) is 4.60. The van der Waals surface area contributed by atoms with E-state index in [4.69, 9.17) is 9.15 Å². The van der Waals surface area contributed by atoms with Gasteiger partial charge in [0, 0.05) is 18.3 Å². The van der Waals surface area contributed by atoms with Gasteiger partial charge in [-0.25, -0.2) is 4.79 Å². The number of nitrogens with zero attached hydrogens (tertiary/aromatic N) is 3. The lowest BCUT2D eigenvalue weighted by Gasteiger charge is -2.26. The number of amides is 1. The van der Waals surface area contributed by atoms with Gasteiger partial charge in [0.05, 0.1) is 0 Å². The molecular weight excluding hydrogens is 418 g/mol. The van der Waals surface area contributed by atoms with E-state index >= 15 is 0 Å². The fraction of sp³-hybridized carbons (Fsp3) is 0.154. The molecule has 0 unspecified atom stereocenters. The second-order valence-corrected chi connectivity index (χ2v) is 7.82. The van der Waals surface area contributed by atoms with Crippen LogP contribution in [-0.4, -0.2) is 28.4 Å². The summed E-state index contributed by atoms with van der Waals surface area (Å²) in [5, 5.41) is 0. The van der Waals surface area contributed by atoms with Gasteiger partial charge in [-0.15, -0.1) is 0 Å². The third-order valence-corrected chi connectivity index (χ3v) is 5.51. The lowest BCUT2D eigenvalue weighted by atomic mass is 10.0. The summed E-state index contributed by atoms with van der Waals surface area (Å²) >= 11 is 0. The number of benzene rings is 2.